The molecular formula is C24H36N2O4S. The summed E-state index contributed by atoms with van der Waals surface area (Å²) in [7, 11) is 1.57. The molecule has 2 aliphatic rings. The highest BCUT2D eigenvalue weighted by molar-refractivity contribution is 7.97. The van der Waals surface area contributed by atoms with Gasteiger partial charge in [-0.3, -0.25) is 14.5 Å². The van der Waals surface area contributed by atoms with Crippen LogP contribution in [0, 0.1) is 17.8 Å². The standard InChI is InChI=1S/C24H36N2O4S/c1-13(2)8-16-12-26-7-6-15-9-18(24(28)31)21(29-5)10-17(15)19(26)11-20(16)30-23(27)22(25)14(3)4/h9-10,13-14,16,19-20,22H,6-8,11-12,25H2,1-5H3,(H,28,31)/t16-,19-,20-,22+/m1/s1. The summed E-state index contributed by atoms with van der Waals surface area (Å²) in [6, 6.07) is 3.40. The van der Waals surface area contributed by atoms with E-state index >= 15 is 0 Å². The molecule has 172 valence electrons. The van der Waals surface area contributed by atoms with Gasteiger partial charge < -0.3 is 15.2 Å². The van der Waals surface area contributed by atoms with Crippen LogP contribution in [0.2, 0.25) is 0 Å². The fourth-order valence-corrected chi connectivity index (χ4v) is 5.10. The maximum Gasteiger partial charge on any atom is 0.323 e. The molecule has 1 fully saturated rings. The molecule has 3 rings (SSSR count). The van der Waals surface area contributed by atoms with E-state index in [0.29, 0.717) is 17.2 Å². The molecule has 1 aromatic rings. The van der Waals surface area contributed by atoms with Crippen molar-refractivity contribution in [2.75, 3.05) is 20.2 Å². The fourth-order valence-electron chi connectivity index (χ4n) is 4.92. The molecule has 2 N–H and O–H groups in total. The predicted octanol–water partition coefficient (Wildman–Crippen LogP) is 3.63. The predicted molar refractivity (Wildman–Crippen MR) is 125 cm³/mol. The summed E-state index contributed by atoms with van der Waals surface area (Å²) < 4.78 is 11.5. The second-order valence-corrected chi connectivity index (χ2v) is 10.1. The van der Waals surface area contributed by atoms with Gasteiger partial charge in [-0.05, 0) is 47.9 Å². The Morgan fingerprint density at radius 1 is 1.26 bits per heavy atom. The van der Waals surface area contributed by atoms with Crippen LogP contribution in [0.4, 0.5) is 0 Å². The number of piperidine rings is 1. The number of methoxy groups -OCH3 is 1. The summed E-state index contributed by atoms with van der Waals surface area (Å²) in [6.45, 7) is 10.1. The van der Waals surface area contributed by atoms with Crippen molar-refractivity contribution >= 4 is 23.7 Å². The van der Waals surface area contributed by atoms with Crippen molar-refractivity contribution in [2.24, 2.45) is 23.5 Å². The number of rotatable bonds is 7. The summed E-state index contributed by atoms with van der Waals surface area (Å²) >= 11 is 4.00. The maximum absolute atomic E-state index is 12.7. The molecular weight excluding hydrogens is 412 g/mol. The molecule has 1 saturated heterocycles. The van der Waals surface area contributed by atoms with Crippen LogP contribution in [-0.4, -0.2) is 48.3 Å². The van der Waals surface area contributed by atoms with Gasteiger partial charge in [-0.2, -0.15) is 0 Å². The van der Waals surface area contributed by atoms with Crippen LogP contribution in [-0.2, 0) is 16.0 Å². The first-order chi connectivity index (χ1) is 14.6. The normalized spacial score (nSPS) is 24.5. The van der Waals surface area contributed by atoms with Crippen LogP contribution >= 0.6 is 12.6 Å². The SMILES string of the molecule is COc1cc2c(cc1C(=O)S)CCN1C[C@@H](CC(C)C)[C@H](OC(=O)[C@@H](N)C(C)C)C[C@H]21. The van der Waals surface area contributed by atoms with Crippen molar-refractivity contribution in [2.45, 2.75) is 65.1 Å². The van der Waals surface area contributed by atoms with E-state index in [0.717, 1.165) is 43.5 Å². The number of carbonyl (C=O) groups is 2. The summed E-state index contributed by atoms with van der Waals surface area (Å²) in [5.41, 5.74) is 8.87. The van der Waals surface area contributed by atoms with Gasteiger partial charge in [0.1, 0.15) is 17.9 Å². The van der Waals surface area contributed by atoms with E-state index in [1.807, 2.05) is 26.0 Å². The molecule has 31 heavy (non-hydrogen) atoms. The number of thiol groups is 1. The minimum atomic E-state index is -0.611. The van der Waals surface area contributed by atoms with Gasteiger partial charge in [-0.1, -0.05) is 27.7 Å². The number of carbonyl (C=O) groups excluding carboxylic acids is 2. The lowest BCUT2D eigenvalue weighted by atomic mass is 9.78. The van der Waals surface area contributed by atoms with Gasteiger partial charge >= 0.3 is 5.97 Å². The number of ether oxygens (including phenoxy) is 2. The van der Waals surface area contributed by atoms with Crippen LogP contribution < -0.4 is 10.5 Å². The Labute approximate surface area is 191 Å². The summed E-state index contributed by atoms with van der Waals surface area (Å²) in [5, 5.41) is -0.294. The molecule has 1 aromatic carbocycles. The Balaban J connectivity index is 1.91. The molecule has 0 saturated carbocycles. The van der Waals surface area contributed by atoms with E-state index in [-0.39, 0.29) is 35.1 Å². The highest BCUT2D eigenvalue weighted by atomic mass is 32.1. The second-order valence-electron chi connectivity index (χ2n) is 9.69. The lowest BCUT2D eigenvalue weighted by Crippen LogP contribution is -2.51. The quantitative estimate of drug-likeness (QED) is 0.490. The van der Waals surface area contributed by atoms with Gasteiger partial charge in [-0.15, -0.1) is 12.6 Å². The van der Waals surface area contributed by atoms with Crippen molar-refractivity contribution in [3.8, 4) is 5.75 Å². The molecule has 6 nitrogen and oxygen atoms in total. The van der Waals surface area contributed by atoms with Gasteiger partial charge in [0.05, 0.1) is 12.7 Å². The van der Waals surface area contributed by atoms with E-state index in [1.54, 1.807) is 7.11 Å². The van der Waals surface area contributed by atoms with E-state index in [1.165, 1.54) is 0 Å². The van der Waals surface area contributed by atoms with Crippen molar-refractivity contribution in [1.29, 1.82) is 0 Å². The van der Waals surface area contributed by atoms with Gasteiger partial charge in [0.25, 0.3) is 0 Å². The number of hydrogen-bond acceptors (Lipinski definition) is 6. The first-order valence-corrected chi connectivity index (χ1v) is 11.7. The minimum Gasteiger partial charge on any atom is -0.496 e. The number of benzene rings is 1. The maximum atomic E-state index is 12.7. The molecule has 0 radical (unpaired) electrons. The molecule has 0 aromatic heterocycles. The second kappa shape index (κ2) is 9.92. The molecule has 0 amide bonds. The zero-order chi connectivity index (χ0) is 22.9. The largest absolute Gasteiger partial charge is 0.496 e. The van der Waals surface area contributed by atoms with E-state index in [4.69, 9.17) is 15.2 Å². The zero-order valence-corrected chi connectivity index (χ0v) is 20.2. The summed E-state index contributed by atoms with van der Waals surface area (Å²) in [6.07, 6.45) is 2.42. The van der Waals surface area contributed by atoms with Gasteiger partial charge in [-0.25, -0.2) is 0 Å². The lowest BCUT2D eigenvalue weighted by Gasteiger charge is -2.47. The Hall–Kier alpha value is -1.57. The molecule has 0 bridgehead atoms. The zero-order valence-electron chi connectivity index (χ0n) is 19.3. The summed E-state index contributed by atoms with van der Waals surface area (Å²) in [4.78, 5) is 27.1. The van der Waals surface area contributed by atoms with E-state index in [2.05, 4.69) is 31.4 Å². The Morgan fingerprint density at radius 3 is 2.55 bits per heavy atom. The Morgan fingerprint density at radius 2 is 1.97 bits per heavy atom. The average Bonchev–Trinajstić information content (AvgIpc) is 2.71. The molecule has 2 aliphatic heterocycles. The number of hydrogen-bond donors (Lipinski definition) is 2. The van der Waals surface area contributed by atoms with E-state index in [9.17, 15) is 9.59 Å². The first kappa shape index (κ1) is 24.1. The van der Waals surface area contributed by atoms with Crippen molar-refractivity contribution in [3.05, 3.63) is 28.8 Å². The minimum absolute atomic E-state index is 0.0352. The number of nitrogens with two attached hydrogens (primary N) is 1. The van der Waals surface area contributed by atoms with Crippen molar-refractivity contribution < 1.29 is 19.1 Å². The van der Waals surface area contributed by atoms with Crippen molar-refractivity contribution in [3.63, 3.8) is 0 Å². The molecule has 0 unspecified atom stereocenters. The first-order valence-electron chi connectivity index (χ1n) is 11.3. The van der Waals surface area contributed by atoms with Crippen LogP contribution in [0.5, 0.6) is 5.75 Å². The Kier molecular flexibility index (Phi) is 7.71. The fraction of sp³-hybridized carbons (Fsp3) is 0.667. The number of fused-ring (bicyclic) bond motifs is 3. The third-order valence-corrected chi connectivity index (χ3v) is 6.88. The number of nitrogens with zero attached hydrogens (tertiary/aromatic N) is 1. The average molecular weight is 449 g/mol. The molecule has 2 heterocycles. The third kappa shape index (κ3) is 5.26. The van der Waals surface area contributed by atoms with Gasteiger partial charge in [0.2, 0.25) is 5.12 Å². The van der Waals surface area contributed by atoms with Crippen LogP contribution in [0.25, 0.3) is 0 Å². The lowest BCUT2D eigenvalue weighted by molar-refractivity contribution is -0.160. The van der Waals surface area contributed by atoms with Gasteiger partial charge in [0.15, 0.2) is 0 Å². The molecule has 4 atom stereocenters. The number of esters is 1. The van der Waals surface area contributed by atoms with Crippen LogP contribution in [0.15, 0.2) is 12.1 Å². The monoisotopic (exact) mass is 448 g/mol. The highest BCUT2D eigenvalue weighted by Gasteiger charge is 2.41. The third-order valence-electron chi connectivity index (χ3n) is 6.64. The highest BCUT2D eigenvalue weighted by Crippen LogP contribution is 2.43. The van der Waals surface area contributed by atoms with E-state index < -0.39 is 6.04 Å². The molecule has 0 aliphatic carbocycles. The Bertz CT molecular complexity index is 826. The molecule has 7 heteroatoms. The van der Waals surface area contributed by atoms with Crippen LogP contribution in [0.1, 0.15) is 68.1 Å². The topological polar surface area (TPSA) is 81.9 Å². The smallest absolute Gasteiger partial charge is 0.323 e. The van der Waals surface area contributed by atoms with Gasteiger partial charge in [0, 0.05) is 31.5 Å². The summed E-state index contributed by atoms with van der Waals surface area (Å²) in [5.74, 6) is 1.06. The van der Waals surface area contributed by atoms with Crippen LogP contribution in [0.3, 0.4) is 0 Å². The molecule has 0 spiro atoms. The van der Waals surface area contributed by atoms with Crippen molar-refractivity contribution in [1.82, 2.24) is 4.90 Å².